The monoisotopic (exact) mass is 424 g/mol. The molecule has 2 rings (SSSR count). The van der Waals surface area contributed by atoms with E-state index >= 15 is 0 Å². The minimum absolute atomic E-state index is 0.113. The van der Waals surface area contributed by atoms with E-state index in [1.54, 1.807) is 6.07 Å². The fraction of sp³-hybridized carbons (Fsp3) is 0.682. The van der Waals surface area contributed by atoms with Crippen LogP contribution in [0.1, 0.15) is 75.6 Å². The Labute approximate surface area is 176 Å². The normalized spacial score (nSPS) is 16.3. The Hall–Kier alpha value is -1.60. The molecule has 0 aliphatic carbocycles. The number of unbranched alkanes of at least 4 members (excludes halogenated alkanes) is 1. The van der Waals surface area contributed by atoms with Crippen LogP contribution in [-0.2, 0) is 10.0 Å². The summed E-state index contributed by atoms with van der Waals surface area (Å²) in [4.78, 5) is 15.0. The Morgan fingerprint density at radius 3 is 2.45 bits per heavy atom. The maximum absolute atomic E-state index is 13.1. The Morgan fingerprint density at radius 1 is 1.17 bits per heavy atom. The third-order valence-electron chi connectivity index (χ3n) is 5.71. The molecular weight excluding hydrogens is 388 g/mol. The average molecular weight is 425 g/mol. The Morgan fingerprint density at radius 2 is 1.86 bits per heavy atom. The second-order valence-corrected chi connectivity index (χ2v) is 9.60. The van der Waals surface area contributed by atoms with Crippen molar-refractivity contribution in [1.29, 1.82) is 0 Å². The maximum atomic E-state index is 13.1. The molecule has 6 nitrogen and oxygen atoms in total. The van der Waals surface area contributed by atoms with Crippen LogP contribution in [0.4, 0.5) is 0 Å². The standard InChI is InChI=1S/C22H36N2O4S/c1-4-6-11-18(5-2)17-23-29(26,27)19-12-13-21(28-3)20(16-19)22(25)24-14-9-7-8-10-15-24/h12-13,16,18,23H,4-11,14-15,17H2,1-3H3. The first-order valence-corrected chi connectivity index (χ1v) is 12.4. The van der Waals surface area contributed by atoms with Crippen LogP contribution in [0.5, 0.6) is 5.75 Å². The molecule has 1 heterocycles. The highest BCUT2D eigenvalue weighted by Gasteiger charge is 2.24. The Kier molecular flexibility index (Phi) is 9.43. The summed E-state index contributed by atoms with van der Waals surface area (Å²) >= 11 is 0. The lowest BCUT2D eigenvalue weighted by Gasteiger charge is -2.22. The van der Waals surface area contributed by atoms with Crippen LogP contribution in [0.15, 0.2) is 23.1 Å². The summed E-state index contributed by atoms with van der Waals surface area (Å²) in [5.74, 6) is 0.573. The number of methoxy groups -OCH3 is 1. The highest BCUT2D eigenvalue weighted by Crippen LogP contribution is 2.25. The molecule has 1 aliphatic rings. The van der Waals surface area contributed by atoms with Crippen molar-refractivity contribution in [2.75, 3.05) is 26.7 Å². The van der Waals surface area contributed by atoms with Gasteiger partial charge in [-0.15, -0.1) is 0 Å². The van der Waals surface area contributed by atoms with Gasteiger partial charge in [0.05, 0.1) is 17.6 Å². The van der Waals surface area contributed by atoms with E-state index in [0.717, 1.165) is 51.4 Å². The molecule has 0 spiro atoms. The zero-order chi connectivity index (χ0) is 21.3. The number of carbonyl (C=O) groups excluding carboxylic acids is 1. The molecule has 1 saturated heterocycles. The lowest BCUT2D eigenvalue weighted by atomic mass is 10.00. The van der Waals surface area contributed by atoms with Gasteiger partial charge in [0, 0.05) is 19.6 Å². The molecule has 1 aromatic carbocycles. The van der Waals surface area contributed by atoms with Crippen molar-refractivity contribution in [3.63, 3.8) is 0 Å². The van der Waals surface area contributed by atoms with E-state index in [1.807, 2.05) is 4.90 Å². The molecule has 1 fully saturated rings. The van der Waals surface area contributed by atoms with Crippen molar-refractivity contribution in [3.8, 4) is 5.75 Å². The van der Waals surface area contributed by atoms with Crippen LogP contribution >= 0.6 is 0 Å². The van der Waals surface area contributed by atoms with Crippen molar-refractivity contribution in [1.82, 2.24) is 9.62 Å². The molecule has 0 bridgehead atoms. The molecule has 1 aliphatic heterocycles. The van der Waals surface area contributed by atoms with E-state index in [9.17, 15) is 13.2 Å². The molecule has 1 unspecified atom stereocenters. The van der Waals surface area contributed by atoms with Gasteiger partial charge in [-0.05, 0) is 43.4 Å². The summed E-state index contributed by atoms with van der Waals surface area (Å²) in [7, 11) is -2.19. The number of hydrogen-bond acceptors (Lipinski definition) is 4. The Bertz CT molecular complexity index is 756. The van der Waals surface area contributed by atoms with Gasteiger partial charge in [0.25, 0.3) is 5.91 Å². The third kappa shape index (κ3) is 6.71. The summed E-state index contributed by atoms with van der Waals surface area (Å²) < 4.78 is 33.8. The fourth-order valence-corrected chi connectivity index (χ4v) is 4.86. The molecule has 0 aromatic heterocycles. The summed E-state index contributed by atoms with van der Waals surface area (Å²) in [5, 5.41) is 0. The number of carbonyl (C=O) groups is 1. The van der Waals surface area contributed by atoms with E-state index in [0.29, 0.717) is 36.9 Å². The highest BCUT2D eigenvalue weighted by molar-refractivity contribution is 7.89. The van der Waals surface area contributed by atoms with E-state index in [4.69, 9.17) is 4.74 Å². The molecule has 1 aromatic rings. The second-order valence-electron chi connectivity index (χ2n) is 7.84. The number of sulfonamides is 1. The number of hydrogen-bond donors (Lipinski definition) is 1. The van der Waals surface area contributed by atoms with Crippen LogP contribution in [0, 0.1) is 5.92 Å². The number of benzene rings is 1. The Balaban J connectivity index is 2.20. The van der Waals surface area contributed by atoms with Crippen LogP contribution in [0.2, 0.25) is 0 Å². The smallest absolute Gasteiger partial charge is 0.257 e. The van der Waals surface area contributed by atoms with E-state index < -0.39 is 10.0 Å². The van der Waals surface area contributed by atoms with Crippen molar-refractivity contribution in [3.05, 3.63) is 23.8 Å². The molecule has 0 radical (unpaired) electrons. The first-order chi connectivity index (χ1) is 13.9. The van der Waals surface area contributed by atoms with Gasteiger partial charge in [0.15, 0.2) is 0 Å². The molecule has 1 amide bonds. The first kappa shape index (κ1) is 23.7. The van der Waals surface area contributed by atoms with E-state index in [2.05, 4.69) is 18.6 Å². The van der Waals surface area contributed by atoms with Crippen molar-refractivity contribution >= 4 is 15.9 Å². The van der Waals surface area contributed by atoms with Gasteiger partial charge in [-0.2, -0.15) is 0 Å². The minimum atomic E-state index is -3.69. The van der Waals surface area contributed by atoms with Gasteiger partial charge < -0.3 is 9.64 Å². The van der Waals surface area contributed by atoms with Crippen LogP contribution < -0.4 is 9.46 Å². The number of likely N-dealkylation sites (tertiary alicyclic amines) is 1. The predicted molar refractivity (Wildman–Crippen MR) is 116 cm³/mol. The minimum Gasteiger partial charge on any atom is -0.496 e. The van der Waals surface area contributed by atoms with Gasteiger partial charge in [0.1, 0.15) is 5.75 Å². The zero-order valence-electron chi connectivity index (χ0n) is 18.1. The summed E-state index contributed by atoms with van der Waals surface area (Å²) in [6, 6.07) is 4.54. The molecule has 1 atom stereocenters. The summed E-state index contributed by atoms with van der Waals surface area (Å²) in [6.07, 6.45) is 8.33. The predicted octanol–water partition coefficient (Wildman–Crippen LogP) is 4.21. The largest absolute Gasteiger partial charge is 0.496 e. The first-order valence-electron chi connectivity index (χ1n) is 10.9. The van der Waals surface area contributed by atoms with Gasteiger partial charge in [0.2, 0.25) is 10.0 Å². The van der Waals surface area contributed by atoms with Crippen molar-refractivity contribution in [2.24, 2.45) is 5.92 Å². The molecule has 1 N–H and O–H groups in total. The third-order valence-corrected chi connectivity index (χ3v) is 7.13. The second kappa shape index (κ2) is 11.6. The zero-order valence-corrected chi connectivity index (χ0v) is 18.9. The lowest BCUT2D eigenvalue weighted by molar-refractivity contribution is 0.0758. The SMILES string of the molecule is CCCCC(CC)CNS(=O)(=O)c1ccc(OC)c(C(=O)N2CCCCCC2)c1. The van der Waals surface area contributed by atoms with Crippen molar-refractivity contribution < 1.29 is 17.9 Å². The molecular formula is C22H36N2O4S. The molecule has 29 heavy (non-hydrogen) atoms. The van der Waals surface area contributed by atoms with Gasteiger partial charge in [-0.3, -0.25) is 4.79 Å². The number of rotatable bonds is 10. The summed E-state index contributed by atoms with van der Waals surface area (Å²) in [6.45, 7) is 6.04. The van der Waals surface area contributed by atoms with Crippen LogP contribution in [-0.4, -0.2) is 46.0 Å². The quantitative estimate of drug-likeness (QED) is 0.611. The average Bonchev–Trinajstić information content (AvgIpc) is 3.02. The number of ether oxygens (including phenoxy) is 1. The summed E-state index contributed by atoms with van der Waals surface area (Å²) in [5.41, 5.74) is 0.315. The van der Waals surface area contributed by atoms with Gasteiger partial charge in [-0.25, -0.2) is 13.1 Å². The van der Waals surface area contributed by atoms with Gasteiger partial charge >= 0.3 is 0 Å². The van der Waals surface area contributed by atoms with Crippen LogP contribution in [0.3, 0.4) is 0 Å². The number of nitrogens with one attached hydrogen (secondary N) is 1. The topological polar surface area (TPSA) is 75.7 Å². The molecule has 164 valence electrons. The highest BCUT2D eigenvalue weighted by atomic mass is 32.2. The van der Waals surface area contributed by atoms with E-state index in [1.165, 1.54) is 19.2 Å². The fourth-order valence-electron chi connectivity index (χ4n) is 3.72. The molecule has 0 saturated carbocycles. The number of nitrogens with zero attached hydrogens (tertiary/aromatic N) is 1. The van der Waals surface area contributed by atoms with Gasteiger partial charge in [-0.1, -0.05) is 46.0 Å². The van der Waals surface area contributed by atoms with Crippen molar-refractivity contribution in [2.45, 2.75) is 70.1 Å². The van der Waals surface area contributed by atoms with E-state index in [-0.39, 0.29) is 10.8 Å². The molecule has 7 heteroatoms. The maximum Gasteiger partial charge on any atom is 0.257 e. The lowest BCUT2D eigenvalue weighted by Crippen LogP contribution is -2.33. The number of amides is 1. The van der Waals surface area contributed by atoms with Crippen LogP contribution in [0.25, 0.3) is 0 Å².